The van der Waals surface area contributed by atoms with Crippen LogP contribution in [0.4, 0.5) is 13.2 Å². The smallest absolute Gasteiger partial charge is 0.435 e. The lowest BCUT2D eigenvalue weighted by Crippen LogP contribution is -2.28. The van der Waals surface area contributed by atoms with Gasteiger partial charge in [-0.15, -0.1) is 0 Å². The maximum absolute atomic E-state index is 13.2. The van der Waals surface area contributed by atoms with Gasteiger partial charge in [0, 0.05) is 17.8 Å². The first-order valence-electron chi connectivity index (χ1n) is 8.44. The van der Waals surface area contributed by atoms with E-state index in [1.165, 1.54) is 4.68 Å². The quantitative estimate of drug-likeness (QED) is 0.884. The van der Waals surface area contributed by atoms with Gasteiger partial charge in [0.05, 0.1) is 7.11 Å². The van der Waals surface area contributed by atoms with E-state index in [9.17, 15) is 18.0 Å². The number of rotatable bonds is 5. The number of carbonyl (C=O) groups is 1. The molecule has 0 atom stereocenters. The number of ether oxygens (including phenoxy) is 1. The van der Waals surface area contributed by atoms with Gasteiger partial charge in [-0.25, -0.2) is 0 Å². The van der Waals surface area contributed by atoms with Gasteiger partial charge in [0.1, 0.15) is 12.3 Å². The Morgan fingerprint density at radius 3 is 2.81 bits per heavy atom. The van der Waals surface area contributed by atoms with E-state index in [4.69, 9.17) is 4.74 Å². The van der Waals surface area contributed by atoms with E-state index in [1.54, 1.807) is 25.3 Å². The van der Waals surface area contributed by atoms with Crippen LogP contribution in [0, 0.1) is 0 Å². The van der Waals surface area contributed by atoms with Crippen LogP contribution in [-0.4, -0.2) is 22.8 Å². The zero-order valence-electron chi connectivity index (χ0n) is 14.4. The fraction of sp³-hybridized carbons (Fsp3) is 0.444. The third-order valence-electron chi connectivity index (χ3n) is 4.44. The summed E-state index contributed by atoms with van der Waals surface area (Å²) in [6, 6.07) is 7.22. The van der Waals surface area contributed by atoms with Gasteiger partial charge >= 0.3 is 6.18 Å². The molecule has 26 heavy (non-hydrogen) atoms. The van der Waals surface area contributed by atoms with Gasteiger partial charge in [0.2, 0.25) is 5.91 Å². The number of aromatic nitrogens is 2. The molecular formula is C18H20F3N3O2. The molecule has 0 fully saturated rings. The summed E-state index contributed by atoms with van der Waals surface area (Å²) in [4.78, 5) is 12.2. The first-order chi connectivity index (χ1) is 12.4. The molecule has 0 saturated carbocycles. The highest BCUT2D eigenvalue weighted by Crippen LogP contribution is 2.35. The Morgan fingerprint density at radius 1 is 1.31 bits per heavy atom. The number of carbonyl (C=O) groups excluding carboxylic acids is 1. The van der Waals surface area contributed by atoms with Crippen LogP contribution in [0.3, 0.4) is 0 Å². The lowest BCUT2D eigenvalue weighted by molar-refractivity contribution is -0.142. The van der Waals surface area contributed by atoms with E-state index < -0.39 is 11.9 Å². The molecule has 8 heteroatoms. The van der Waals surface area contributed by atoms with E-state index in [1.807, 2.05) is 6.07 Å². The molecule has 1 N–H and O–H groups in total. The standard InChI is InChI=1S/C18H20F3N3O2/c1-26-13-6-4-5-12(9-13)10-22-16(25)11-24-15-8-3-2-7-14(15)17(23-24)18(19,20)21/h4-6,9H,2-3,7-8,10-11H2,1H3,(H,22,25). The summed E-state index contributed by atoms with van der Waals surface area (Å²) in [5.74, 6) is 0.296. The van der Waals surface area contributed by atoms with Crippen molar-refractivity contribution in [2.45, 2.75) is 44.9 Å². The monoisotopic (exact) mass is 367 g/mol. The first-order valence-corrected chi connectivity index (χ1v) is 8.44. The van der Waals surface area contributed by atoms with E-state index >= 15 is 0 Å². The summed E-state index contributed by atoms with van der Waals surface area (Å²) < 4.78 is 45.9. The number of methoxy groups -OCH3 is 1. The first kappa shape index (κ1) is 18.3. The maximum Gasteiger partial charge on any atom is 0.435 e. The summed E-state index contributed by atoms with van der Waals surface area (Å²) in [7, 11) is 1.55. The second-order valence-electron chi connectivity index (χ2n) is 6.26. The zero-order chi connectivity index (χ0) is 18.7. The Bertz CT molecular complexity index is 799. The highest BCUT2D eigenvalue weighted by atomic mass is 19.4. The molecule has 1 amide bonds. The van der Waals surface area contributed by atoms with Crippen LogP contribution in [0.1, 0.15) is 35.4 Å². The van der Waals surface area contributed by atoms with Gasteiger partial charge in [-0.05, 0) is 43.4 Å². The van der Waals surface area contributed by atoms with Gasteiger partial charge < -0.3 is 10.1 Å². The van der Waals surface area contributed by atoms with E-state index in [2.05, 4.69) is 10.4 Å². The predicted molar refractivity (Wildman–Crippen MR) is 88.7 cm³/mol. The number of fused-ring (bicyclic) bond motifs is 1. The molecule has 1 heterocycles. The molecule has 0 spiro atoms. The van der Waals surface area contributed by atoms with Gasteiger partial charge in [-0.3, -0.25) is 9.48 Å². The topological polar surface area (TPSA) is 56.1 Å². The number of nitrogens with zero attached hydrogens (tertiary/aromatic N) is 2. The minimum absolute atomic E-state index is 0.220. The number of amides is 1. The van der Waals surface area contributed by atoms with Crippen molar-refractivity contribution in [3.8, 4) is 5.75 Å². The van der Waals surface area contributed by atoms with Crippen molar-refractivity contribution in [2.75, 3.05) is 7.11 Å². The number of hydrogen-bond donors (Lipinski definition) is 1. The van der Waals surface area contributed by atoms with Crippen molar-refractivity contribution in [3.05, 3.63) is 46.8 Å². The second-order valence-corrected chi connectivity index (χ2v) is 6.26. The fourth-order valence-electron chi connectivity index (χ4n) is 3.20. The minimum Gasteiger partial charge on any atom is -0.497 e. The summed E-state index contributed by atoms with van der Waals surface area (Å²) >= 11 is 0. The van der Waals surface area contributed by atoms with Crippen molar-refractivity contribution >= 4 is 5.91 Å². The van der Waals surface area contributed by atoms with Crippen molar-refractivity contribution in [2.24, 2.45) is 0 Å². The van der Waals surface area contributed by atoms with Gasteiger partial charge in [0.25, 0.3) is 0 Å². The molecule has 1 aromatic carbocycles. The van der Waals surface area contributed by atoms with E-state index in [-0.39, 0.29) is 24.6 Å². The summed E-state index contributed by atoms with van der Waals surface area (Å²) in [6.07, 6.45) is -2.11. The second kappa shape index (κ2) is 7.39. The third kappa shape index (κ3) is 4.00. The third-order valence-corrected chi connectivity index (χ3v) is 4.44. The normalized spacial score (nSPS) is 14.0. The largest absolute Gasteiger partial charge is 0.497 e. The Hall–Kier alpha value is -2.51. The molecule has 3 rings (SSSR count). The SMILES string of the molecule is COc1cccc(CNC(=O)Cn2nc(C(F)(F)F)c3c2CCCC3)c1. The van der Waals surface area contributed by atoms with Gasteiger partial charge in [-0.1, -0.05) is 12.1 Å². The van der Waals surface area contributed by atoms with Crippen LogP contribution in [0.25, 0.3) is 0 Å². The lowest BCUT2D eigenvalue weighted by Gasteiger charge is -2.14. The van der Waals surface area contributed by atoms with Crippen molar-refractivity contribution in [1.29, 1.82) is 0 Å². The van der Waals surface area contributed by atoms with Crippen LogP contribution in [0.15, 0.2) is 24.3 Å². The molecule has 0 radical (unpaired) electrons. The molecule has 0 unspecified atom stereocenters. The van der Waals surface area contributed by atoms with Crippen LogP contribution < -0.4 is 10.1 Å². The molecule has 1 aromatic heterocycles. The predicted octanol–water partition coefficient (Wildman–Crippen LogP) is 3.11. The van der Waals surface area contributed by atoms with Crippen molar-refractivity contribution < 1.29 is 22.7 Å². The van der Waals surface area contributed by atoms with E-state index in [0.717, 1.165) is 12.0 Å². The summed E-state index contributed by atoms with van der Waals surface area (Å²) in [5, 5.41) is 6.41. The molecule has 0 bridgehead atoms. The minimum atomic E-state index is -4.50. The van der Waals surface area contributed by atoms with Crippen LogP contribution in [0.5, 0.6) is 5.75 Å². The average molecular weight is 367 g/mol. The zero-order valence-corrected chi connectivity index (χ0v) is 14.4. The van der Waals surface area contributed by atoms with E-state index in [0.29, 0.717) is 30.7 Å². The van der Waals surface area contributed by atoms with Gasteiger partial charge in [-0.2, -0.15) is 18.3 Å². The molecule has 0 saturated heterocycles. The molecule has 0 aliphatic heterocycles. The number of benzene rings is 1. The number of halogens is 3. The summed E-state index contributed by atoms with van der Waals surface area (Å²) in [5.41, 5.74) is 0.758. The van der Waals surface area contributed by atoms with Crippen molar-refractivity contribution in [3.63, 3.8) is 0 Å². The summed E-state index contributed by atoms with van der Waals surface area (Å²) in [6.45, 7) is 0.0496. The number of hydrogen-bond acceptors (Lipinski definition) is 3. The molecule has 5 nitrogen and oxygen atoms in total. The Morgan fingerprint density at radius 2 is 2.08 bits per heavy atom. The Kier molecular flexibility index (Phi) is 5.20. The Labute approximate surface area is 149 Å². The molecule has 1 aliphatic rings. The highest BCUT2D eigenvalue weighted by Gasteiger charge is 2.39. The fourth-order valence-corrected chi connectivity index (χ4v) is 3.20. The number of nitrogens with one attached hydrogen (secondary N) is 1. The highest BCUT2D eigenvalue weighted by molar-refractivity contribution is 5.75. The van der Waals surface area contributed by atoms with Gasteiger partial charge in [0.15, 0.2) is 5.69 Å². The van der Waals surface area contributed by atoms with Crippen LogP contribution in [0.2, 0.25) is 0 Å². The maximum atomic E-state index is 13.2. The molecule has 2 aromatic rings. The van der Waals surface area contributed by atoms with Crippen LogP contribution >= 0.6 is 0 Å². The average Bonchev–Trinajstić information content (AvgIpc) is 2.99. The number of alkyl halides is 3. The molecule has 140 valence electrons. The molecular weight excluding hydrogens is 347 g/mol. The Balaban J connectivity index is 1.70. The molecule has 1 aliphatic carbocycles. The van der Waals surface area contributed by atoms with Crippen molar-refractivity contribution in [1.82, 2.24) is 15.1 Å². The lowest BCUT2D eigenvalue weighted by atomic mass is 9.95. The van der Waals surface area contributed by atoms with Crippen LogP contribution in [-0.2, 0) is 36.9 Å².